The minimum absolute atomic E-state index is 0.377. The van der Waals surface area contributed by atoms with Crippen molar-refractivity contribution >= 4 is 28.9 Å². The van der Waals surface area contributed by atoms with E-state index in [0.717, 1.165) is 11.3 Å². The fraction of sp³-hybridized carbons (Fsp3) is 0.200. The van der Waals surface area contributed by atoms with E-state index in [9.17, 15) is 0 Å². The Hall–Kier alpha value is -1.76. The Morgan fingerprint density at radius 1 is 1.20 bits per heavy atom. The lowest BCUT2D eigenvalue weighted by Gasteiger charge is -2.24. The first-order chi connectivity index (χ1) is 9.70. The van der Waals surface area contributed by atoms with Crippen LogP contribution in [0.4, 0.5) is 5.69 Å². The Morgan fingerprint density at radius 3 is 2.60 bits per heavy atom. The molecule has 5 heteroatoms. The average Bonchev–Trinajstić information content (AvgIpc) is 2.46. The lowest BCUT2D eigenvalue weighted by molar-refractivity contribution is 0.795. The summed E-state index contributed by atoms with van der Waals surface area (Å²) >= 11 is 12.0. The molecular weight excluding hydrogens is 293 g/mol. The molecule has 0 fully saturated rings. The summed E-state index contributed by atoms with van der Waals surface area (Å²) in [5, 5.41) is 9.75. The molecule has 0 N–H and O–H groups in total. The molecule has 0 bridgehead atoms. The predicted molar refractivity (Wildman–Crippen MR) is 82.0 cm³/mol. The van der Waals surface area contributed by atoms with Gasteiger partial charge in [0.2, 0.25) is 0 Å². The topological polar surface area (TPSA) is 39.9 Å². The molecule has 1 aromatic carbocycles. The summed E-state index contributed by atoms with van der Waals surface area (Å²) in [6, 6.07) is 13.7. The van der Waals surface area contributed by atoms with E-state index in [1.54, 1.807) is 12.3 Å². The van der Waals surface area contributed by atoms with Crippen molar-refractivity contribution in [1.29, 1.82) is 5.26 Å². The molecule has 0 radical (unpaired) electrons. The molecule has 0 spiro atoms. The second kappa shape index (κ2) is 7.14. The predicted octanol–water partition coefficient (Wildman–Crippen LogP) is 4.31. The molecule has 1 heterocycles. The third kappa shape index (κ3) is 3.86. The third-order valence-corrected chi connectivity index (χ3v) is 3.43. The Bertz CT molecular complexity index is 608. The third-order valence-electron chi connectivity index (χ3n) is 2.87. The highest BCUT2D eigenvalue weighted by Gasteiger charge is 2.10. The van der Waals surface area contributed by atoms with Gasteiger partial charge in [0, 0.05) is 30.5 Å². The van der Waals surface area contributed by atoms with Crippen molar-refractivity contribution < 1.29 is 0 Å². The largest absolute Gasteiger partial charge is 0.366 e. The summed E-state index contributed by atoms with van der Waals surface area (Å²) in [5.41, 5.74) is 1.94. The number of halogens is 2. The molecule has 0 atom stereocenters. The standard InChI is InChI=1S/C15H13Cl2N3/c16-14-9-15(17)19-10-12(14)11-20(8-4-7-18)13-5-2-1-3-6-13/h1-3,5-6,9-10H,4,8,11H2. The summed E-state index contributed by atoms with van der Waals surface area (Å²) in [6.07, 6.45) is 2.13. The summed E-state index contributed by atoms with van der Waals surface area (Å²) in [6.45, 7) is 1.23. The van der Waals surface area contributed by atoms with Crippen LogP contribution in [0.25, 0.3) is 0 Å². The number of benzene rings is 1. The highest BCUT2D eigenvalue weighted by molar-refractivity contribution is 6.34. The monoisotopic (exact) mass is 305 g/mol. The van der Waals surface area contributed by atoms with Gasteiger partial charge in [-0.2, -0.15) is 5.26 Å². The molecule has 2 rings (SSSR count). The first-order valence-corrected chi connectivity index (χ1v) is 6.93. The van der Waals surface area contributed by atoms with Crippen molar-refractivity contribution in [2.45, 2.75) is 13.0 Å². The summed E-state index contributed by atoms with van der Waals surface area (Å²) in [7, 11) is 0. The maximum absolute atomic E-state index is 8.79. The van der Waals surface area contributed by atoms with Gasteiger partial charge in [-0.25, -0.2) is 4.98 Å². The van der Waals surface area contributed by atoms with Crippen molar-refractivity contribution in [3.63, 3.8) is 0 Å². The highest BCUT2D eigenvalue weighted by atomic mass is 35.5. The van der Waals surface area contributed by atoms with Crippen LogP contribution in [-0.4, -0.2) is 11.5 Å². The number of rotatable bonds is 5. The minimum Gasteiger partial charge on any atom is -0.366 e. The van der Waals surface area contributed by atoms with Crippen LogP contribution in [0.5, 0.6) is 0 Å². The van der Waals surface area contributed by atoms with Crippen molar-refractivity contribution in [3.8, 4) is 6.07 Å². The van der Waals surface area contributed by atoms with E-state index in [1.807, 2.05) is 30.3 Å². The summed E-state index contributed by atoms with van der Waals surface area (Å²) in [5.74, 6) is 0. The molecule has 0 aliphatic carbocycles. The van der Waals surface area contributed by atoms with Crippen LogP contribution in [-0.2, 0) is 6.54 Å². The van der Waals surface area contributed by atoms with Crippen LogP contribution in [0.1, 0.15) is 12.0 Å². The van der Waals surface area contributed by atoms with Gasteiger partial charge in [-0.3, -0.25) is 0 Å². The normalized spacial score (nSPS) is 10.1. The summed E-state index contributed by atoms with van der Waals surface area (Å²) < 4.78 is 0. The van der Waals surface area contributed by atoms with E-state index in [2.05, 4.69) is 16.0 Å². The molecule has 0 saturated carbocycles. The Balaban J connectivity index is 2.22. The maximum Gasteiger partial charge on any atom is 0.130 e. The van der Waals surface area contributed by atoms with E-state index in [-0.39, 0.29) is 0 Å². The minimum atomic E-state index is 0.377. The number of nitriles is 1. The average molecular weight is 306 g/mol. The number of pyridine rings is 1. The van der Waals surface area contributed by atoms with Crippen molar-refractivity contribution in [2.24, 2.45) is 0 Å². The van der Waals surface area contributed by atoms with Gasteiger partial charge in [-0.05, 0) is 18.2 Å². The lowest BCUT2D eigenvalue weighted by atomic mass is 10.2. The first kappa shape index (κ1) is 14.6. The second-order valence-electron chi connectivity index (χ2n) is 4.26. The highest BCUT2D eigenvalue weighted by Crippen LogP contribution is 2.23. The zero-order chi connectivity index (χ0) is 14.4. The summed E-state index contributed by atoms with van der Waals surface area (Å²) in [4.78, 5) is 6.15. The van der Waals surface area contributed by atoms with Crippen LogP contribution in [0.2, 0.25) is 10.2 Å². The van der Waals surface area contributed by atoms with Crippen molar-refractivity contribution in [1.82, 2.24) is 4.98 Å². The van der Waals surface area contributed by atoms with Gasteiger partial charge >= 0.3 is 0 Å². The molecule has 102 valence electrons. The molecule has 20 heavy (non-hydrogen) atoms. The molecule has 0 saturated heterocycles. The van der Waals surface area contributed by atoms with Crippen LogP contribution in [0.3, 0.4) is 0 Å². The van der Waals surface area contributed by atoms with Gasteiger partial charge in [-0.15, -0.1) is 0 Å². The van der Waals surface area contributed by atoms with Gasteiger partial charge < -0.3 is 4.90 Å². The fourth-order valence-electron chi connectivity index (χ4n) is 1.88. The molecule has 0 amide bonds. The second-order valence-corrected chi connectivity index (χ2v) is 5.06. The number of nitrogens with zero attached hydrogens (tertiary/aromatic N) is 3. The van der Waals surface area contributed by atoms with Gasteiger partial charge in [0.05, 0.1) is 17.5 Å². The number of anilines is 1. The molecule has 0 aliphatic rings. The number of hydrogen-bond acceptors (Lipinski definition) is 3. The van der Waals surface area contributed by atoms with Gasteiger partial charge in [-0.1, -0.05) is 41.4 Å². The van der Waals surface area contributed by atoms with E-state index < -0.39 is 0 Å². The van der Waals surface area contributed by atoms with Crippen molar-refractivity contribution in [2.75, 3.05) is 11.4 Å². The van der Waals surface area contributed by atoms with E-state index in [1.165, 1.54) is 0 Å². The number of aromatic nitrogens is 1. The molecular formula is C15H13Cl2N3. The van der Waals surface area contributed by atoms with E-state index >= 15 is 0 Å². The van der Waals surface area contributed by atoms with E-state index in [4.69, 9.17) is 28.5 Å². The number of hydrogen-bond donors (Lipinski definition) is 0. The van der Waals surface area contributed by atoms with Crippen LogP contribution in [0, 0.1) is 11.3 Å². The van der Waals surface area contributed by atoms with Crippen LogP contribution >= 0.6 is 23.2 Å². The van der Waals surface area contributed by atoms with E-state index in [0.29, 0.717) is 29.7 Å². The zero-order valence-corrected chi connectivity index (χ0v) is 12.3. The maximum atomic E-state index is 8.79. The quantitative estimate of drug-likeness (QED) is 0.773. The van der Waals surface area contributed by atoms with Gasteiger partial charge in [0.15, 0.2) is 0 Å². The zero-order valence-electron chi connectivity index (χ0n) is 10.8. The van der Waals surface area contributed by atoms with Crippen LogP contribution in [0.15, 0.2) is 42.6 Å². The molecule has 2 aromatic rings. The smallest absolute Gasteiger partial charge is 0.130 e. The first-order valence-electron chi connectivity index (χ1n) is 6.17. The van der Waals surface area contributed by atoms with Crippen LogP contribution < -0.4 is 4.90 Å². The Kier molecular flexibility index (Phi) is 5.23. The van der Waals surface area contributed by atoms with Crippen molar-refractivity contribution in [3.05, 3.63) is 58.3 Å². The molecule has 0 aliphatic heterocycles. The molecule has 1 aromatic heterocycles. The Morgan fingerprint density at radius 2 is 1.95 bits per heavy atom. The number of para-hydroxylation sites is 1. The Labute approximate surface area is 128 Å². The SMILES string of the molecule is N#CCCN(Cc1cnc(Cl)cc1Cl)c1ccccc1. The van der Waals surface area contributed by atoms with Gasteiger partial charge in [0.1, 0.15) is 5.15 Å². The molecule has 3 nitrogen and oxygen atoms in total. The molecule has 0 unspecified atom stereocenters. The van der Waals surface area contributed by atoms with Gasteiger partial charge in [0.25, 0.3) is 0 Å². The lowest BCUT2D eigenvalue weighted by Crippen LogP contribution is -2.23. The fourth-order valence-corrected chi connectivity index (χ4v) is 2.31.